The summed E-state index contributed by atoms with van der Waals surface area (Å²) in [4.78, 5) is 18.9. The van der Waals surface area contributed by atoms with Gasteiger partial charge in [-0.05, 0) is 25.2 Å². The van der Waals surface area contributed by atoms with Gasteiger partial charge in [0.1, 0.15) is 0 Å². The van der Waals surface area contributed by atoms with E-state index in [0.717, 1.165) is 23.6 Å². The van der Waals surface area contributed by atoms with E-state index < -0.39 is 0 Å². The molecule has 1 unspecified atom stereocenters. The predicted octanol–water partition coefficient (Wildman–Crippen LogP) is 1.57. The van der Waals surface area contributed by atoms with Gasteiger partial charge in [0.25, 0.3) is 5.91 Å². The molecular formula is C14H21N3O2S. The summed E-state index contributed by atoms with van der Waals surface area (Å²) in [6.45, 7) is 2.99. The largest absolute Gasteiger partial charge is 0.397 e. The molecule has 0 aromatic carbocycles. The monoisotopic (exact) mass is 295 g/mol. The van der Waals surface area contributed by atoms with Crippen LogP contribution in [0.4, 0.5) is 5.69 Å². The number of carbonyl (C=O) groups is 1. The molecule has 0 spiro atoms. The highest BCUT2D eigenvalue weighted by atomic mass is 32.2. The number of rotatable bonds is 5. The fourth-order valence-corrected chi connectivity index (χ4v) is 3.55. The first-order valence-corrected chi connectivity index (χ1v) is 7.88. The van der Waals surface area contributed by atoms with Crippen LogP contribution in [-0.2, 0) is 4.74 Å². The van der Waals surface area contributed by atoms with Gasteiger partial charge in [-0.25, -0.2) is 0 Å². The Morgan fingerprint density at radius 2 is 2.45 bits per heavy atom. The van der Waals surface area contributed by atoms with Crippen molar-refractivity contribution in [1.82, 2.24) is 9.88 Å². The van der Waals surface area contributed by atoms with Crippen LogP contribution in [0.15, 0.2) is 12.3 Å². The van der Waals surface area contributed by atoms with E-state index in [9.17, 15) is 4.79 Å². The summed E-state index contributed by atoms with van der Waals surface area (Å²) in [6.07, 6.45) is 2.62. The molecule has 1 saturated heterocycles. The molecule has 1 aliphatic heterocycles. The van der Waals surface area contributed by atoms with Gasteiger partial charge in [-0.15, -0.1) is 0 Å². The first kappa shape index (κ1) is 15.1. The number of ether oxygens (including phenoxy) is 1. The smallest absolute Gasteiger partial charge is 0.256 e. The normalized spacial score (nSPS) is 18.2. The molecule has 1 aliphatic rings. The number of nitrogens with two attached hydrogens (primary N) is 1. The van der Waals surface area contributed by atoms with E-state index in [1.807, 2.05) is 23.6 Å². The first-order chi connectivity index (χ1) is 9.63. The van der Waals surface area contributed by atoms with Crippen LogP contribution < -0.4 is 5.73 Å². The third-order valence-electron chi connectivity index (χ3n) is 3.48. The lowest BCUT2D eigenvalue weighted by atomic mass is 10.1. The fraction of sp³-hybridized carbons (Fsp3) is 0.571. The number of methoxy groups -OCH3 is 1. The highest BCUT2D eigenvalue weighted by Crippen LogP contribution is 2.24. The van der Waals surface area contributed by atoms with E-state index in [1.165, 1.54) is 0 Å². The summed E-state index contributed by atoms with van der Waals surface area (Å²) in [5.74, 6) is 2.10. The minimum absolute atomic E-state index is 0.00634. The molecule has 20 heavy (non-hydrogen) atoms. The van der Waals surface area contributed by atoms with Gasteiger partial charge in [-0.1, -0.05) is 0 Å². The van der Waals surface area contributed by atoms with E-state index >= 15 is 0 Å². The molecule has 1 atom stereocenters. The predicted molar refractivity (Wildman–Crippen MR) is 82.0 cm³/mol. The summed E-state index contributed by atoms with van der Waals surface area (Å²) < 4.78 is 5.13. The maximum absolute atomic E-state index is 12.8. The Bertz CT molecular complexity index is 475. The fourth-order valence-electron chi connectivity index (χ4n) is 2.33. The van der Waals surface area contributed by atoms with Crippen LogP contribution >= 0.6 is 11.8 Å². The van der Waals surface area contributed by atoms with Gasteiger partial charge in [0.05, 0.1) is 29.7 Å². The molecule has 6 heteroatoms. The third-order valence-corrected chi connectivity index (χ3v) is 4.63. The zero-order valence-corrected chi connectivity index (χ0v) is 12.8. The van der Waals surface area contributed by atoms with E-state index in [4.69, 9.17) is 10.5 Å². The molecule has 2 N–H and O–H groups in total. The second-order valence-corrected chi connectivity index (χ2v) is 6.06. The Morgan fingerprint density at radius 1 is 1.65 bits per heavy atom. The number of hydrogen-bond donors (Lipinski definition) is 1. The van der Waals surface area contributed by atoms with Gasteiger partial charge < -0.3 is 15.4 Å². The van der Waals surface area contributed by atoms with Gasteiger partial charge in [0.2, 0.25) is 0 Å². The Morgan fingerprint density at radius 3 is 3.10 bits per heavy atom. The third kappa shape index (κ3) is 3.43. The molecule has 110 valence electrons. The molecule has 1 aromatic rings. The van der Waals surface area contributed by atoms with Gasteiger partial charge in [0.15, 0.2) is 0 Å². The van der Waals surface area contributed by atoms with Gasteiger partial charge in [-0.3, -0.25) is 9.78 Å². The molecule has 0 saturated carbocycles. The number of aryl methyl sites for hydroxylation is 1. The second kappa shape index (κ2) is 6.95. The lowest BCUT2D eigenvalue weighted by Gasteiger charge is -2.28. The number of hydrogen-bond acceptors (Lipinski definition) is 5. The Kier molecular flexibility index (Phi) is 5.25. The zero-order valence-electron chi connectivity index (χ0n) is 12.0. The van der Waals surface area contributed by atoms with E-state index in [-0.39, 0.29) is 11.9 Å². The standard InChI is InChI=1S/C14H21N3O2S/c1-10-13(7-11(15)8-16-10)14(18)17(4-5-19-2)12-3-6-20-9-12/h7-8,12H,3-6,9,15H2,1-2H3. The summed E-state index contributed by atoms with van der Waals surface area (Å²) >= 11 is 1.89. The Balaban J connectivity index is 2.22. The van der Waals surface area contributed by atoms with Gasteiger partial charge in [0, 0.05) is 25.4 Å². The van der Waals surface area contributed by atoms with Crippen LogP contribution in [0.25, 0.3) is 0 Å². The van der Waals surface area contributed by atoms with Crippen LogP contribution in [0.2, 0.25) is 0 Å². The number of nitrogen functional groups attached to an aromatic ring is 1. The molecule has 0 radical (unpaired) electrons. The van der Waals surface area contributed by atoms with Crippen LogP contribution in [0, 0.1) is 6.92 Å². The SMILES string of the molecule is COCCN(C(=O)c1cc(N)cnc1C)C1CCSC1. The van der Waals surface area contributed by atoms with Gasteiger partial charge in [-0.2, -0.15) is 11.8 Å². The van der Waals surface area contributed by atoms with Crippen LogP contribution in [-0.4, -0.2) is 53.6 Å². The van der Waals surface area contributed by atoms with Crippen molar-refractivity contribution in [1.29, 1.82) is 0 Å². The zero-order chi connectivity index (χ0) is 14.5. The first-order valence-electron chi connectivity index (χ1n) is 6.73. The lowest BCUT2D eigenvalue weighted by Crippen LogP contribution is -2.42. The highest BCUT2D eigenvalue weighted by molar-refractivity contribution is 7.99. The molecule has 1 amide bonds. The second-order valence-electron chi connectivity index (χ2n) is 4.91. The number of nitrogens with zero attached hydrogens (tertiary/aromatic N) is 2. The van der Waals surface area contributed by atoms with Gasteiger partial charge >= 0.3 is 0 Å². The Labute approximate surface area is 123 Å². The number of anilines is 1. The minimum atomic E-state index is 0.00634. The van der Waals surface area contributed by atoms with Crippen molar-refractivity contribution < 1.29 is 9.53 Å². The van der Waals surface area contributed by atoms with Crippen molar-refractivity contribution in [2.45, 2.75) is 19.4 Å². The highest BCUT2D eigenvalue weighted by Gasteiger charge is 2.28. The molecule has 1 aromatic heterocycles. The van der Waals surface area contributed by atoms with Crippen molar-refractivity contribution in [2.75, 3.05) is 37.5 Å². The van der Waals surface area contributed by atoms with E-state index in [1.54, 1.807) is 19.4 Å². The molecule has 0 aliphatic carbocycles. The number of pyridine rings is 1. The minimum Gasteiger partial charge on any atom is -0.397 e. The Hall–Kier alpha value is -1.27. The van der Waals surface area contributed by atoms with Crippen LogP contribution in [0.5, 0.6) is 0 Å². The van der Waals surface area contributed by atoms with Crippen molar-refractivity contribution in [3.05, 3.63) is 23.5 Å². The molecule has 5 nitrogen and oxygen atoms in total. The molecular weight excluding hydrogens is 274 g/mol. The number of thioether (sulfide) groups is 1. The number of carbonyl (C=O) groups excluding carboxylic acids is 1. The quantitative estimate of drug-likeness (QED) is 0.893. The van der Waals surface area contributed by atoms with Crippen LogP contribution in [0.3, 0.4) is 0 Å². The topological polar surface area (TPSA) is 68.5 Å². The average molecular weight is 295 g/mol. The lowest BCUT2D eigenvalue weighted by molar-refractivity contribution is 0.0623. The number of aromatic nitrogens is 1. The van der Waals surface area contributed by atoms with Crippen molar-refractivity contribution in [3.63, 3.8) is 0 Å². The van der Waals surface area contributed by atoms with E-state index in [2.05, 4.69) is 4.98 Å². The summed E-state index contributed by atoms with van der Waals surface area (Å²) in [7, 11) is 1.65. The van der Waals surface area contributed by atoms with Crippen molar-refractivity contribution >= 4 is 23.4 Å². The maximum Gasteiger partial charge on any atom is 0.256 e. The van der Waals surface area contributed by atoms with Crippen LogP contribution in [0.1, 0.15) is 22.5 Å². The average Bonchev–Trinajstić information content (AvgIpc) is 2.95. The van der Waals surface area contributed by atoms with Crippen molar-refractivity contribution in [2.24, 2.45) is 0 Å². The summed E-state index contributed by atoms with van der Waals surface area (Å²) in [6, 6.07) is 2.00. The summed E-state index contributed by atoms with van der Waals surface area (Å²) in [5, 5.41) is 0. The van der Waals surface area contributed by atoms with E-state index in [0.29, 0.717) is 24.4 Å². The number of amides is 1. The maximum atomic E-state index is 12.8. The molecule has 2 heterocycles. The molecule has 1 fully saturated rings. The molecule has 0 bridgehead atoms. The summed E-state index contributed by atoms with van der Waals surface area (Å²) in [5.41, 5.74) is 7.59. The van der Waals surface area contributed by atoms with Crippen molar-refractivity contribution in [3.8, 4) is 0 Å². The molecule has 2 rings (SSSR count).